The number of anilines is 2. The Morgan fingerprint density at radius 3 is 2.32 bits per heavy atom. The van der Waals surface area contributed by atoms with E-state index in [1.54, 1.807) is 6.07 Å². The monoisotopic (exact) mass is 591 g/mol. The zero-order valence-corrected chi connectivity index (χ0v) is 23.6. The van der Waals surface area contributed by atoms with Crippen molar-refractivity contribution < 1.29 is 19.4 Å². The number of phenols is 1. The number of nitrogens with zero attached hydrogens (tertiary/aromatic N) is 5. The van der Waals surface area contributed by atoms with Crippen molar-refractivity contribution >= 4 is 39.4 Å². The van der Waals surface area contributed by atoms with Gasteiger partial charge in [-0.25, -0.2) is 4.79 Å². The SMILES string of the molecule is CN(C)c1ccc(C2CC(c3c(O)ccc4c(-c5ccccc5)cc(=O)oc34)=NN2c2ccc([N+](=O)[O-])cc2[N+](=O)[O-])cc1. The van der Waals surface area contributed by atoms with Gasteiger partial charge >= 0.3 is 11.3 Å². The Labute approximate surface area is 250 Å². The number of non-ortho nitro benzene ring substituents is 1. The van der Waals surface area contributed by atoms with Gasteiger partial charge in [-0.2, -0.15) is 5.10 Å². The first-order valence-corrected chi connectivity index (χ1v) is 13.5. The molecule has 220 valence electrons. The Bertz CT molecular complexity index is 2020. The van der Waals surface area contributed by atoms with Crippen LogP contribution in [0.5, 0.6) is 5.75 Å². The molecule has 0 aliphatic carbocycles. The molecule has 0 fully saturated rings. The van der Waals surface area contributed by atoms with E-state index < -0.39 is 32.9 Å². The van der Waals surface area contributed by atoms with Crippen LogP contribution < -0.4 is 15.5 Å². The molecule has 1 N–H and O–H groups in total. The first kappa shape index (κ1) is 28.1. The fourth-order valence-electron chi connectivity index (χ4n) is 5.45. The Kier molecular flexibility index (Phi) is 7.01. The summed E-state index contributed by atoms with van der Waals surface area (Å²) in [6.45, 7) is 0. The van der Waals surface area contributed by atoms with E-state index in [0.29, 0.717) is 16.7 Å². The van der Waals surface area contributed by atoms with Gasteiger partial charge in [0.25, 0.3) is 5.69 Å². The number of nitro benzene ring substituents is 2. The molecule has 1 atom stereocenters. The smallest absolute Gasteiger partial charge is 0.336 e. The van der Waals surface area contributed by atoms with E-state index in [1.807, 2.05) is 73.6 Å². The van der Waals surface area contributed by atoms with Crippen molar-refractivity contribution in [3.63, 3.8) is 0 Å². The number of benzene rings is 4. The fraction of sp³-hybridized carbons (Fsp3) is 0.125. The zero-order valence-electron chi connectivity index (χ0n) is 23.6. The van der Waals surface area contributed by atoms with Gasteiger partial charge in [-0.15, -0.1) is 0 Å². The molecule has 1 aliphatic heterocycles. The maximum Gasteiger partial charge on any atom is 0.336 e. The second kappa shape index (κ2) is 11.0. The largest absolute Gasteiger partial charge is 0.507 e. The number of hydrogen-bond acceptors (Lipinski definition) is 10. The molecule has 1 unspecified atom stereocenters. The van der Waals surface area contributed by atoms with Crippen molar-refractivity contribution in [1.82, 2.24) is 0 Å². The average Bonchev–Trinajstić information content (AvgIpc) is 3.45. The summed E-state index contributed by atoms with van der Waals surface area (Å²) in [6, 6.07) is 24.1. The van der Waals surface area contributed by atoms with Crippen LogP contribution in [0.3, 0.4) is 0 Å². The molecule has 4 aromatic carbocycles. The van der Waals surface area contributed by atoms with Crippen LogP contribution in [0.25, 0.3) is 22.1 Å². The Balaban J connectivity index is 1.56. The Morgan fingerprint density at radius 1 is 0.932 bits per heavy atom. The van der Waals surface area contributed by atoms with Crippen LogP contribution in [-0.4, -0.2) is 34.8 Å². The molecule has 0 radical (unpaired) electrons. The van der Waals surface area contributed by atoms with Crippen molar-refractivity contribution in [1.29, 1.82) is 0 Å². The van der Waals surface area contributed by atoms with E-state index in [4.69, 9.17) is 9.52 Å². The third-order valence-corrected chi connectivity index (χ3v) is 7.58. The molecule has 6 rings (SSSR count). The van der Waals surface area contributed by atoms with Crippen molar-refractivity contribution in [2.45, 2.75) is 12.5 Å². The van der Waals surface area contributed by atoms with Crippen molar-refractivity contribution in [2.24, 2.45) is 5.10 Å². The maximum atomic E-state index is 12.8. The minimum atomic E-state index is -0.701. The number of hydrazone groups is 1. The molecule has 44 heavy (non-hydrogen) atoms. The zero-order chi connectivity index (χ0) is 31.1. The first-order valence-electron chi connectivity index (χ1n) is 13.5. The highest BCUT2D eigenvalue weighted by Gasteiger charge is 2.36. The van der Waals surface area contributed by atoms with Crippen LogP contribution in [0.15, 0.2) is 105 Å². The van der Waals surface area contributed by atoms with Gasteiger partial charge in [0.15, 0.2) is 5.58 Å². The summed E-state index contributed by atoms with van der Waals surface area (Å²) >= 11 is 0. The number of aromatic hydroxyl groups is 1. The molecule has 0 spiro atoms. The summed E-state index contributed by atoms with van der Waals surface area (Å²) in [5.41, 5.74) is 2.16. The Morgan fingerprint density at radius 2 is 1.66 bits per heavy atom. The molecule has 0 bridgehead atoms. The van der Waals surface area contributed by atoms with Crippen LogP contribution in [0.4, 0.5) is 22.7 Å². The molecule has 1 aliphatic rings. The lowest BCUT2D eigenvalue weighted by Crippen LogP contribution is -2.20. The highest BCUT2D eigenvalue weighted by molar-refractivity contribution is 6.14. The standard InChI is InChI=1S/C32H25N5O7/c1-34(2)21-10-8-20(9-11-21)27-18-25(33-35(27)26-14-12-22(36(40)41)16-28(26)37(42)43)31-29(38)15-13-23-24(17-30(39)44-32(23)31)19-6-4-3-5-7-19/h3-17,27,38H,18H2,1-2H3. The number of fused-ring (bicyclic) bond motifs is 1. The third kappa shape index (κ3) is 4.98. The molecule has 0 saturated heterocycles. The van der Waals surface area contributed by atoms with E-state index in [1.165, 1.54) is 29.3 Å². The number of rotatable bonds is 7. The van der Waals surface area contributed by atoms with E-state index >= 15 is 0 Å². The third-order valence-electron chi connectivity index (χ3n) is 7.58. The van der Waals surface area contributed by atoms with Crippen LogP contribution >= 0.6 is 0 Å². The van der Waals surface area contributed by atoms with Gasteiger partial charge in [-0.1, -0.05) is 42.5 Å². The number of phenolic OH excluding ortho intramolecular Hbond substituents is 1. The lowest BCUT2D eigenvalue weighted by Gasteiger charge is -2.24. The maximum absolute atomic E-state index is 12.8. The highest BCUT2D eigenvalue weighted by Crippen LogP contribution is 2.44. The molecule has 0 amide bonds. The minimum absolute atomic E-state index is 0.0310. The van der Waals surface area contributed by atoms with Crippen LogP contribution in [-0.2, 0) is 0 Å². The van der Waals surface area contributed by atoms with Gasteiger partial charge in [-0.05, 0) is 47.0 Å². The molecule has 12 heteroatoms. The lowest BCUT2D eigenvalue weighted by molar-refractivity contribution is -0.393. The molecular formula is C32H25N5O7. The molecule has 0 saturated carbocycles. The molecule has 5 aromatic rings. The Hall–Kier alpha value is -6.04. The molecule has 1 aromatic heterocycles. The quantitative estimate of drug-likeness (QED) is 0.128. The summed E-state index contributed by atoms with van der Waals surface area (Å²) in [6.07, 6.45) is 0.168. The number of nitro groups is 2. The van der Waals surface area contributed by atoms with Gasteiger partial charge in [0.1, 0.15) is 11.4 Å². The first-order chi connectivity index (χ1) is 21.1. The van der Waals surface area contributed by atoms with E-state index in [9.17, 15) is 30.1 Å². The van der Waals surface area contributed by atoms with Crippen LogP contribution in [0.2, 0.25) is 0 Å². The minimum Gasteiger partial charge on any atom is -0.507 e. The second-order valence-corrected chi connectivity index (χ2v) is 10.5. The van der Waals surface area contributed by atoms with E-state index in [-0.39, 0.29) is 29.0 Å². The predicted octanol–water partition coefficient (Wildman–Crippen LogP) is 6.40. The average molecular weight is 592 g/mol. The van der Waals surface area contributed by atoms with Gasteiger partial charge in [0, 0.05) is 43.7 Å². The topological polar surface area (TPSA) is 156 Å². The van der Waals surface area contributed by atoms with Crippen molar-refractivity contribution in [2.75, 3.05) is 24.0 Å². The van der Waals surface area contributed by atoms with Gasteiger partial charge < -0.3 is 14.4 Å². The summed E-state index contributed by atoms with van der Waals surface area (Å²) in [5.74, 6) is -0.189. The van der Waals surface area contributed by atoms with Crippen LogP contribution in [0, 0.1) is 20.2 Å². The lowest BCUT2D eigenvalue weighted by atomic mass is 9.94. The normalized spacial score (nSPS) is 14.5. The summed E-state index contributed by atoms with van der Waals surface area (Å²) < 4.78 is 5.67. The summed E-state index contributed by atoms with van der Waals surface area (Å²) in [5, 5.41) is 41.4. The summed E-state index contributed by atoms with van der Waals surface area (Å²) in [4.78, 5) is 36.9. The number of hydrogen-bond donors (Lipinski definition) is 1. The fourth-order valence-corrected chi connectivity index (χ4v) is 5.45. The summed E-state index contributed by atoms with van der Waals surface area (Å²) in [7, 11) is 3.80. The van der Waals surface area contributed by atoms with Crippen LogP contribution in [0.1, 0.15) is 23.6 Å². The van der Waals surface area contributed by atoms with E-state index in [0.717, 1.165) is 22.9 Å². The van der Waals surface area contributed by atoms with Gasteiger partial charge in [0.05, 0.1) is 33.2 Å². The second-order valence-electron chi connectivity index (χ2n) is 10.5. The molecule has 12 nitrogen and oxygen atoms in total. The highest BCUT2D eigenvalue weighted by atomic mass is 16.6. The van der Waals surface area contributed by atoms with Gasteiger partial charge in [0.2, 0.25) is 0 Å². The van der Waals surface area contributed by atoms with E-state index in [2.05, 4.69) is 0 Å². The van der Waals surface area contributed by atoms with Crippen molar-refractivity contribution in [3.05, 3.63) is 133 Å². The molecule has 2 heterocycles. The van der Waals surface area contributed by atoms with Gasteiger partial charge in [-0.3, -0.25) is 25.2 Å². The molecular weight excluding hydrogens is 566 g/mol. The van der Waals surface area contributed by atoms with Crippen molar-refractivity contribution in [3.8, 4) is 16.9 Å². The predicted molar refractivity (Wildman–Crippen MR) is 166 cm³/mol.